The summed E-state index contributed by atoms with van der Waals surface area (Å²) in [7, 11) is -22.7. The van der Waals surface area contributed by atoms with Gasteiger partial charge < -0.3 is 29.8 Å². The Morgan fingerprint density at radius 3 is 1.14 bits per heavy atom. The first kappa shape index (κ1) is 93.5. The van der Waals surface area contributed by atoms with Gasteiger partial charge in [0.15, 0.2) is 29.5 Å². The van der Waals surface area contributed by atoms with Crippen molar-refractivity contribution in [3.05, 3.63) is 164 Å². The van der Waals surface area contributed by atoms with Crippen molar-refractivity contribution < 1.29 is 74.6 Å². The molecule has 1 fully saturated rings. The maximum Gasteiger partial charge on any atom is 0.242 e. The van der Waals surface area contributed by atoms with Crippen LogP contribution in [0.3, 0.4) is 0 Å². The van der Waals surface area contributed by atoms with Gasteiger partial charge in [0.2, 0.25) is 44.5 Å². The van der Waals surface area contributed by atoms with Crippen molar-refractivity contribution in [2.75, 3.05) is 38.2 Å². The third-order valence-corrected chi connectivity index (χ3v) is 27.1. The van der Waals surface area contributed by atoms with Crippen LogP contribution in [0.25, 0.3) is 14.5 Å². The van der Waals surface area contributed by atoms with Crippen LogP contribution in [0.2, 0.25) is 0 Å². The summed E-state index contributed by atoms with van der Waals surface area (Å²) in [6, 6.07) is 28.7. The molecule has 0 spiro atoms. The SMILES string of the molecule is C.C1CCOC1.CC(C)(C)Oc1cc(S(C)(=O)=O)cc(S(=O)(=O)c2ccc(CN)s2)c1.CSc1cc(S)cc(OC(C)(C)C)c1.Cl.[B].[C-]#[N+]c1ccc(Br)s1.[C-]#[N+]c1ccc(S(=O)(=O)c2cc(O)cc(S(C)(=O)=O)c2)s1.[C-]#[N+]c1ccc(S(=O)(=O)c2cc(OC(C)(C)C)cc(S(C)(=O)=O)c2)s1. The van der Waals surface area contributed by atoms with E-state index in [9.17, 15) is 55.6 Å². The monoisotopic (exact) mass is 1700 g/mol. The van der Waals surface area contributed by atoms with E-state index in [1.165, 1.54) is 83.7 Å². The van der Waals surface area contributed by atoms with Gasteiger partial charge in [-0.3, -0.25) is 0 Å². The fourth-order valence-corrected chi connectivity index (χ4v) is 19.5. The normalized spacial score (nSPS) is 12.3. The Labute approximate surface area is 637 Å². The van der Waals surface area contributed by atoms with Crippen molar-refractivity contribution in [2.45, 2.75) is 158 Å². The molecule has 1 aliphatic rings. The first-order valence-corrected chi connectivity index (χ1v) is 44.3. The number of thiol groups is 1. The number of benzene rings is 4. The Balaban J connectivity index is 0.000000635. The van der Waals surface area contributed by atoms with Crippen LogP contribution in [0.4, 0.5) is 15.0 Å². The third kappa shape index (κ3) is 30.6. The molecule has 0 unspecified atom stereocenters. The maximum atomic E-state index is 12.9. The molecular formula is C65H78BBrClN4O17S12. The molecule has 0 saturated carbocycles. The topological polar surface area (TPSA) is 301 Å². The van der Waals surface area contributed by atoms with Gasteiger partial charge in [-0.05, 0) is 219 Å². The molecule has 21 nitrogen and oxygen atoms in total. The summed E-state index contributed by atoms with van der Waals surface area (Å²) in [6.45, 7) is 39.4. The summed E-state index contributed by atoms with van der Waals surface area (Å²) in [5, 5.41) is 10.7. The summed E-state index contributed by atoms with van der Waals surface area (Å²) in [4.78, 5) is 11.2. The number of phenols is 1. The van der Waals surface area contributed by atoms with Gasteiger partial charge in [-0.15, -0.1) is 82.1 Å². The Morgan fingerprint density at radius 1 is 0.515 bits per heavy atom. The molecule has 5 heterocycles. The highest BCUT2D eigenvalue weighted by Gasteiger charge is 2.28. The summed E-state index contributed by atoms with van der Waals surface area (Å²) < 4.78 is 170. The van der Waals surface area contributed by atoms with Crippen LogP contribution in [-0.2, 0) is 70.3 Å². The second kappa shape index (κ2) is 39.0. The van der Waals surface area contributed by atoms with E-state index in [1.54, 1.807) is 65.4 Å². The molecule has 0 bridgehead atoms. The molecule has 0 amide bonds. The first-order chi connectivity index (χ1) is 45.0. The average Bonchev–Trinajstić information content (AvgIpc) is 1.78. The summed E-state index contributed by atoms with van der Waals surface area (Å²) in [6.07, 6.45) is 7.54. The van der Waals surface area contributed by atoms with Crippen LogP contribution in [0.1, 0.15) is 87.5 Å². The van der Waals surface area contributed by atoms with E-state index in [0.29, 0.717) is 0 Å². The van der Waals surface area contributed by atoms with E-state index in [-0.39, 0.29) is 104 Å². The van der Waals surface area contributed by atoms with Crippen molar-refractivity contribution in [3.8, 4) is 23.0 Å². The standard InChI is InChI=1S/C16H17NO5S3.C16H21NO5S3.C12H9NO5S3.C11H16OS2.C5H2BrNS.C4H8O.CH4.B.ClH/c1-16(2,3)22-11-8-12(24(5,18)19)10-13(9-11)25(20,21)15-7-6-14(17-4)23-15;1-16(2,3)22-11-7-13(24(4,18)19)9-14(8-11)25(20,21)15-6-5-12(10-17)23-15;1-13-11-3-4-12(19-11)21(17,18)10-6-8(14)5-9(7-10)20(2,15)16;1-11(2,3)12-8-5-9(13)7-10(6-8)14-4;1-7-5-3-2-4(6)8-5;1-2-4-5-3-1;;;/h6-10H,1-3,5H3;5-9H,10,17H2,1-4H3;3-7,14H,2H3;5-7,13H,1-4H3;2-3H;1-4H2;1H4;;1H. The van der Waals surface area contributed by atoms with Gasteiger partial charge in [-0.25, -0.2) is 65.0 Å². The first-order valence-electron chi connectivity index (χ1n) is 28.4. The molecule has 101 heavy (non-hydrogen) atoms. The van der Waals surface area contributed by atoms with Gasteiger partial charge in [0.1, 0.15) is 52.4 Å². The third-order valence-electron chi connectivity index (χ3n) is 11.6. The number of rotatable bonds is 14. The lowest BCUT2D eigenvalue weighted by atomic mass is 10.2. The highest BCUT2D eigenvalue weighted by Crippen LogP contribution is 2.38. The van der Waals surface area contributed by atoms with Crippen LogP contribution < -0.4 is 19.9 Å². The number of ether oxygens (including phenoxy) is 4. The lowest BCUT2D eigenvalue weighted by Crippen LogP contribution is -2.23. The molecule has 0 aliphatic carbocycles. The minimum atomic E-state index is -3.98. The molecule has 4 aromatic heterocycles. The number of nitrogens with two attached hydrogens (primary N) is 1. The number of nitrogens with zero attached hydrogens (tertiary/aromatic N) is 3. The van der Waals surface area contributed by atoms with E-state index < -0.39 is 76.0 Å². The zero-order chi connectivity index (χ0) is 74.2. The lowest BCUT2D eigenvalue weighted by Gasteiger charge is -2.22. The van der Waals surface area contributed by atoms with Crippen molar-refractivity contribution in [1.82, 2.24) is 0 Å². The van der Waals surface area contributed by atoms with E-state index in [4.69, 9.17) is 44.4 Å². The van der Waals surface area contributed by atoms with Crippen molar-refractivity contribution in [2.24, 2.45) is 5.73 Å². The lowest BCUT2D eigenvalue weighted by molar-refractivity contribution is 0.129. The Hall–Kier alpha value is -5.50. The largest absolute Gasteiger partial charge is 0.508 e. The van der Waals surface area contributed by atoms with E-state index in [1.807, 2.05) is 51.3 Å². The zero-order valence-corrected chi connectivity index (χ0v) is 68.6. The number of thioether (sulfide) groups is 1. The van der Waals surface area contributed by atoms with E-state index in [2.05, 4.69) is 43.1 Å². The molecule has 3 radical (unpaired) electrons. The molecule has 0 atom stereocenters. The second-order valence-electron chi connectivity index (χ2n) is 23.6. The molecule has 3 N–H and O–H groups in total. The zero-order valence-electron chi connectivity index (χ0n) is 56.3. The molecule has 1 aliphatic heterocycles. The molecule has 36 heteroatoms. The van der Waals surface area contributed by atoms with Gasteiger partial charge in [0.05, 0.1) is 52.9 Å². The number of halogens is 2. The van der Waals surface area contributed by atoms with Gasteiger partial charge >= 0.3 is 0 Å². The second-order valence-corrected chi connectivity index (χ2v) is 43.3. The predicted molar refractivity (Wildman–Crippen MR) is 415 cm³/mol. The van der Waals surface area contributed by atoms with E-state index >= 15 is 0 Å². The Morgan fingerprint density at radius 2 is 0.842 bits per heavy atom. The maximum absolute atomic E-state index is 12.9. The summed E-state index contributed by atoms with van der Waals surface area (Å²) in [5.41, 5.74) is 4.15. The fourth-order valence-electron chi connectivity index (χ4n) is 7.53. The van der Waals surface area contributed by atoms with Crippen molar-refractivity contribution >= 4 is 181 Å². The minimum Gasteiger partial charge on any atom is -0.508 e. The van der Waals surface area contributed by atoms with Crippen LogP contribution in [-0.4, -0.2) is 119 Å². The van der Waals surface area contributed by atoms with Crippen LogP contribution in [0, 0.1) is 19.7 Å². The number of sulfone groups is 6. The van der Waals surface area contributed by atoms with Gasteiger partial charge in [-0.1, -0.05) is 7.43 Å². The van der Waals surface area contributed by atoms with E-state index in [0.717, 1.165) is 121 Å². The number of phenolic OH excluding ortho intramolecular Hbond substituents is 1. The van der Waals surface area contributed by atoms with Crippen LogP contribution >= 0.6 is 98.1 Å². The number of hydrogen-bond acceptors (Lipinski definition) is 24. The molecule has 4 aromatic carbocycles. The molecule has 8 aromatic rings. The fraction of sp³-hybridized carbons (Fsp3) is 0.338. The van der Waals surface area contributed by atoms with Crippen LogP contribution in [0.15, 0.2) is 177 Å². The predicted octanol–water partition coefficient (Wildman–Crippen LogP) is 17.0. The van der Waals surface area contributed by atoms with Crippen LogP contribution in [0.5, 0.6) is 23.0 Å². The smallest absolute Gasteiger partial charge is 0.242 e. The number of thiophene rings is 4. The highest BCUT2D eigenvalue weighted by molar-refractivity contribution is 9.11. The molecule has 1 saturated heterocycles. The molecule has 549 valence electrons. The minimum absolute atomic E-state index is 0. The molecule has 9 rings (SSSR count). The molecular weight excluding hydrogens is 1620 g/mol. The van der Waals surface area contributed by atoms with Crippen molar-refractivity contribution in [1.29, 1.82) is 0 Å². The van der Waals surface area contributed by atoms with Crippen molar-refractivity contribution in [3.63, 3.8) is 0 Å². The average molecular weight is 1700 g/mol. The Bertz CT molecular complexity index is 4970. The number of hydrogen-bond donors (Lipinski definition) is 3. The summed E-state index contributed by atoms with van der Waals surface area (Å²) >= 11 is 13.4. The van der Waals surface area contributed by atoms with Gasteiger partial charge in [-0.2, -0.15) is 0 Å². The quantitative estimate of drug-likeness (QED) is 0.0394. The highest BCUT2D eigenvalue weighted by atomic mass is 79.9. The Kier molecular flexibility index (Phi) is 36.1. The van der Waals surface area contributed by atoms with Gasteiger partial charge in [0.25, 0.3) is 0 Å². The van der Waals surface area contributed by atoms with Gasteiger partial charge in [0, 0.05) is 61.6 Å². The summed E-state index contributed by atoms with van der Waals surface area (Å²) in [5.74, 6) is 0.758. The number of aromatic hydroxyl groups is 1.